The van der Waals surface area contributed by atoms with Crippen molar-refractivity contribution in [2.45, 2.75) is 59.4 Å². The fraction of sp³-hybridized carbons (Fsp3) is 0.500. The van der Waals surface area contributed by atoms with Gasteiger partial charge in [-0.3, -0.25) is 0 Å². The standard InChI is InChI=1S/C18H26N2O/c1-4-6-8-16-17(15-11-9-14(3)10-12-15)19-20(18(16)21)13-7-5-2/h9-12,21H,4-8,13H2,1-3H3. The van der Waals surface area contributed by atoms with E-state index in [2.05, 4.69) is 50.1 Å². The zero-order chi connectivity index (χ0) is 15.2. The van der Waals surface area contributed by atoms with E-state index >= 15 is 0 Å². The van der Waals surface area contributed by atoms with Gasteiger partial charge < -0.3 is 5.11 Å². The van der Waals surface area contributed by atoms with Crippen LogP contribution in [0.5, 0.6) is 5.88 Å². The molecule has 3 heteroatoms. The molecule has 2 rings (SSSR count). The Balaban J connectivity index is 2.39. The summed E-state index contributed by atoms with van der Waals surface area (Å²) in [5.74, 6) is 0.354. The first kappa shape index (κ1) is 15.6. The molecule has 0 spiro atoms. The van der Waals surface area contributed by atoms with Crippen LogP contribution in [0.15, 0.2) is 24.3 Å². The van der Waals surface area contributed by atoms with Crippen molar-refractivity contribution in [1.82, 2.24) is 9.78 Å². The van der Waals surface area contributed by atoms with E-state index in [0.29, 0.717) is 5.88 Å². The molecule has 0 aliphatic heterocycles. The predicted octanol–water partition coefficient (Wildman–Crippen LogP) is 4.71. The fourth-order valence-corrected chi connectivity index (χ4v) is 2.48. The highest BCUT2D eigenvalue weighted by Crippen LogP contribution is 2.31. The van der Waals surface area contributed by atoms with Crippen LogP contribution in [0.25, 0.3) is 11.3 Å². The van der Waals surface area contributed by atoms with Crippen LogP contribution in [0.3, 0.4) is 0 Å². The summed E-state index contributed by atoms with van der Waals surface area (Å²) in [6.07, 6.45) is 5.22. The van der Waals surface area contributed by atoms with Crippen molar-refractivity contribution in [3.63, 3.8) is 0 Å². The maximum atomic E-state index is 10.5. The molecular weight excluding hydrogens is 260 g/mol. The predicted molar refractivity (Wildman–Crippen MR) is 87.6 cm³/mol. The summed E-state index contributed by atoms with van der Waals surface area (Å²) < 4.78 is 1.77. The first-order valence-corrected chi connectivity index (χ1v) is 8.03. The van der Waals surface area contributed by atoms with E-state index in [-0.39, 0.29) is 0 Å². The molecule has 0 saturated carbocycles. The Bertz CT molecular complexity index is 570. The van der Waals surface area contributed by atoms with E-state index in [9.17, 15) is 5.11 Å². The number of aromatic hydroxyl groups is 1. The molecule has 1 aromatic heterocycles. The van der Waals surface area contributed by atoms with E-state index in [1.807, 2.05) is 0 Å². The van der Waals surface area contributed by atoms with Gasteiger partial charge in [0.15, 0.2) is 0 Å². The summed E-state index contributed by atoms with van der Waals surface area (Å²) in [6.45, 7) is 7.19. The molecule has 0 fully saturated rings. The van der Waals surface area contributed by atoms with E-state index in [1.165, 1.54) is 5.56 Å². The molecule has 1 heterocycles. The van der Waals surface area contributed by atoms with Gasteiger partial charge in [-0.2, -0.15) is 5.10 Å². The molecule has 0 aliphatic carbocycles. The molecule has 0 unspecified atom stereocenters. The number of aromatic nitrogens is 2. The average Bonchev–Trinajstić information content (AvgIpc) is 2.80. The molecule has 0 atom stereocenters. The molecule has 0 amide bonds. The van der Waals surface area contributed by atoms with Gasteiger partial charge in [0.25, 0.3) is 0 Å². The zero-order valence-corrected chi connectivity index (χ0v) is 13.4. The molecule has 1 aromatic carbocycles. The van der Waals surface area contributed by atoms with Crippen molar-refractivity contribution in [2.24, 2.45) is 0 Å². The van der Waals surface area contributed by atoms with Crippen LogP contribution in [0.2, 0.25) is 0 Å². The van der Waals surface area contributed by atoms with Crippen molar-refractivity contribution >= 4 is 0 Å². The van der Waals surface area contributed by atoms with Crippen LogP contribution < -0.4 is 0 Å². The number of benzene rings is 1. The van der Waals surface area contributed by atoms with Crippen molar-refractivity contribution in [1.29, 1.82) is 0 Å². The Morgan fingerprint density at radius 1 is 1.05 bits per heavy atom. The van der Waals surface area contributed by atoms with Crippen molar-refractivity contribution in [2.75, 3.05) is 0 Å². The summed E-state index contributed by atoms with van der Waals surface area (Å²) in [5.41, 5.74) is 4.27. The lowest BCUT2D eigenvalue weighted by atomic mass is 10.0. The van der Waals surface area contributed by atoms with Gasteiger partial charge >= 0.3 is 0 Å². The molecule has 0 bridgehead atoms. The van der Waals surface area contributed by atoms with Gasteiger partial charge in [-0.25, -0.2) is 4.68 Å². The minimum absolute atomic E-state index is 0.354. The van der Waals surface area contributed by atoms with E-state index < -0.39 is 0 Å². The molecule has 2 aromatic rings. The van der Waals surface area contributed by atoms with Crippen molar-refractivity contribution < 1.29 is 5.11 Å². The first-order valence-electron chi connectivity index (χ1n) is 8.03. The molecule has 21 heavy (non-hydrogen) atoms. The highest BCUT2D eigenvalue weighted by molar-refractivity contribution is 5.65. The summed E-state index contributed by atoms with van der Waals surface area (Å²) in [5, 5.41) is 15.1. The summed E-state index contributed by atoms with van der Waals surface area (Å²) >= 11 is 0. The molecular formula is C18H26N2O. The monoisotopic (exact) mass is 286 g/mol. The number of aryl methyl sites for hydroxylation is 2. The Morgan fingerprint density at radius 3 is 2.33 bits per heavy atom. The largest absolute Gasteiger partial charge is 0.493 e. The minimum atomic E-state index is 0.354. The Morgan fingerprint density at radius 2 is 1.71 bits per heavy atom. The lowest BCUT2D eigenvalue weighted by Crippen LogP contribution is -1.99. The highest BCUT2D eigenvalue weighted by atomic mass is 16.3. The van der Waals surface area contributed by atoms with Gasteiger partial charge in [0.2, 0.25) is 5.88 Å². The first-order chi connectivity index (χ1) is 10.2. The van der Waals surface area contributed by atoms with E-state index in [0.717, 1.165) is 55.5 Å². The van der Waals surface area contributed by atoms with Crippen LogP contribution in [-0.4, -0.2) is 14.9 Å². The van der Waals surface area contributed by atoms with Gasteiger partial charge in [0.05, 0.1) is 5.69 Å². The maximum absolute atomic E-state index is 10.5. The Kier molecular flexibility index (Phi) is 5.43. The number of nitrogens with zero attached hydrogens (tertiary/aromatic N) is 2. The number of unbranched alkanes of at least 4 members (excludes halogenated alkanes) is 2. The summed E-state index contributed by atoms with van der Waals surface area (Å²) in [4.78, 5) is 0. The normalized spacial score (nSPS) is 11.0. The Hall–Kier alpha value is -1.77. The van der Waals surface area contributed by atoms with Crippen molar-refractivity contribution in [3.8, 4) is 17.1 Å². The number of hydrogen-bond acceptors (Lipinski definition) is 2. The third-order valence-corrected chi connectivity index (χ3v) is 3.85. The lowest BCUT2D eigenvalue weighted by Gasteiger charge is -2.03. The van der Waals surface area contributed by atoms with Crippen LogP contribution in [0.1, 0.15) is 50.7 Å². The third kappa shape index (κ3) is 3.66. The second-order valence-electron chi connectivity index (χ2n) is 5.70. The summed E-state index contributed by atoms with van der Waals surface area (Å²) in [7, 11) is 0. The fourth-order valence-electron chi connectivity index (χ4n) is 2.48. The van der Waals surface area contributed by atoms with Crippen LogP contribution in [-0.2, 0) is 13.0 Å². The second-order valence-corrected chi connectivity index (χ2v) is 5.70. The van der Waals surface area contributed by atoms with Crippen molar-refractivity contribution in [3.05, 3.63) is 35.4 Å². The lowest BCUT2D eigenvalue weighted by molar-refractivity contribution is 0.389. The van der Waals surface area contributed by atoms with E-state index in [4.69, 9.17) is 0 Å². The third-order valence-electron chi connectivity index (χ3n) is 3.85. The highest BCUT2D eigenvalue weighted by Gasteiger charge is 2.17. The minimum Gasteiger partial charge on any atom is -0.493 e. The van der Waals surface area contributed by atoms with Crippen LogP contribution in [0, 0.1) is 6.92 Å². The van der Waals surface area contributed by atoms with Gasteiger partial charge in [-0.1, -0.05) is 56.5 Å². The SMILES string of the molecule is CCCCc1c(-c2ccc(C)cc2)nn(CCCC)c1O. The molecule has 0 aliphatic rings. The zero-order valence-electron chi connectivity index (χ0n) is 13.4. The molecule has 3 nitrogen and oxygen atoms in total. The van der Waals surface area contributed by atoms with Crippen LogP contribution >= 0.6 is 0 Å². The smallest absolute Gasteiger partial charge is 0.213 e. The number of rotatable bonds is 7. The van der Waals surface area contributed by atoms with E-state index in [1.54, 1.807) is 4.68 Å². The molecule has 0 saturated heterocycles. The van der Waals surface area contributed by atoms with Gasteiger partial charge in [-0.15, -0.1) is 0 Å². The summed E-state index contributed by atoms with van der Waals surface area (Å²) in [6, 6.07) is 8.38. The Labute approximate surface area is 127 Å². The topological polar surface area (TPSA) is 38.0 Å². The van der Waals surface area contributed by atoms with Gasteiger partial charge in [0, 0.05) is 17.7 Å². The molecule has 0 radical (unpaired) electrons. The molecule has 1 N–H and O–H groups in total. The maximum Gasteiger partial charge on any atom is 0.213 e. The van der Waals surface area contributed by atoms with Crippen LogP contribution in [0.4, 0.5) is 0 Å². The second kappa shape index (κ2) is 7.30. The van der Waals surface area contributed by atoms with Gasteiger partial charge in [0.1, 0.15) is 0 Å². The van der Waals surface area contributed by atoms with Gasteiger partial charge in [-0.05, 0) is 26.2 Å². The average molecular weight is 286 g/mol. The molecule has 114 valence electrons. The quantitative estimate of drug-likeness (QED) is 0.800. The number of hydrogen-bond donors (Lipinski definition) is 1.